The van der Waals surface area contributed by atoms with Crippen molar-refractivity contribution in [3.63, 3.8) is 0 Å². The highest BCUT2D eigenvalue weighted by atomic mass is 32.2. The third-order valence-electron chi connectivity index (χ3n) is 3.19. The Morgan fingerprint density at radius 1 is 1.08 bits per heavy atom. The average Bonchev–Trinajstić information content (AvgIpc) is 2.48. The van der Waals surface area contributed by atoms with Crippen molar-refractivity contribution in [3.05, 3.63) is 53.6 Å². The van der Waals surface area contributed by atoms with Gasteiger partial charge < -0.3 is 15.5 Å². The Labute approximate surface area is 138 Å². The number of carboxylic acid groups (broad SMARTS) is 1. The first kappa shape index (κ1) is 17.5. The molecular weight excluding hydrogens is 334 g/mol. The summed E-state index contributed by atoms with van der Waals surface area (Å²) in [6.07, 6.45) is 0. The van der Waals surface area contributed by atoms with Gasteiger partial charge in [-0.05, 0) is 35.9 Å². The molecule has 0 fully saturated rings. The van der Waals surface area contributed by atoms with Gasteiger partial charge in [-0.1, -0.05) is 12.1 Å². The van der Waals surface area contributed by atoms with Crippen molar-refractivity contribution in [2.75, 3.05) is 5.32 Å². The molecule has 2 rings (SSSR count). The van der Waals surface area contributed by atoms with E-state index in [1.54, 1.807) is 24.3 Å². The Kier molecular flexibility index (Phi) is 4.89. The summed E-state index contributed by atoms with van der Waals surface area (Å²) in [5.41, 5.74) is 0.549. The average molecular weight is 349 g/mol. The van der Waals surface area contributed by atoms with Gasteiger partial charge in [0, 0.05) is 12.6 Å². The summed E-state index contributed by atoms with van der Waals surface area (Å²) in [7, 11) is -3.78. The molecule has 8 heteroatoms. The van der Waals surface area contributed by atoms with Crippen LogP contribution in [0.4, 0.5) is 5.69 Å². The van der Waals surface area contributed by atoms with Gasteiger partial charge in [-0.25, -0.2) is 13.2 Å². The molecule has 0 unspecified atom stereocenters. The predicted molar refractivity (Wildman–Crippen MR) is 86.7 cm³/mol. The first-order chi connectivity index (χ1) is 11.2. The highest BCUT2D eigenvalue weighted by Crippen LogP contribution is 2.24. The van der Waals surface area contributed by atoms with Gasteiger partial charge >= 0.3 is 5.97 Å². The fraction of sp³-hybridized carbons (Fsp3) is 0.125. The Balaban J connectivity index is 2.27. The smallest absolute Gasteiger partial charge is 0.339 e. The van der Waals surface area contributed by atoms with Crippen molar-refractivity contribution in [2.24, 2.45) is 0 Å². The number of phenols is 1. The number of carboxylic acids is 1. The van der Waals surface area contributed by atoms with Crippen LogP contribution < -0.4 is 5.32 Å². The van der Waals surface area contributed by atoms with Crippen molar-refractivity contribution in [2.45, 2.75) is 17.6 Å². The molecule has 0 radical (unpaired) electrons. The van der Waals surface area contributed by atoms with Crippen molar-refractivity contribution < 1.29 is 28.2 Å². The third kappa shape index (κ3) is 4.11. The van der Waals surface area contributed by atoms with E-state index in [1.807, 2.05) is 0 Å². The fourth-order valence-electron chi connectivity index (χ4n) is 2.07. The summed E-state index contributed by atoms with van der Waals surface area (Å²) in [6, 6.07) is 9.39. The molecule has 2 aromatic rings. The van der Waals surface area contributed by atoms with E-state index in [-0.39, 0.29) is 16.6 Å². The van der Waals surface area contributed by atoms with E-state index in [9.17, 15) is 23.1 Å². The van der Waals surface area contributed by atoms with Crippen LogP contribution in [0.5, 0.6) is 5.75 Å². The second kappa shape index (κ2) is 6.71. The molecule has 0 aliphatic rings. The number of aromatic carboxylic acids is 1. The number of hydrogen-bond donors (Lipinski definition) is 3. The zero-order chi connectivity index (χ0) is 17.9. The van der Waals surface area contributed by atoms with E-state index in [1.165, 1.54) is 6.92 Å². The van der Waals surface area contributed by atoms with Crippen LogP contribution >= 0.6 is 0 Å². The van der Waals surface area contributed by atoms with Crippen LogP contribution in [-0.2, 0) is 20.4 Å². The van der Waals surface area contributed by atoms with Crippen LogP contribution in [0.3, 0.4) is 0 Å². The summed E-state index contributed by atoms with van der Waals surface area (Å²) < 4.78 is 24.8. The van der Waals surface area contributed by atoms with Crippen LogP contribution in [-0.4, -0.2) is 30.5 Å². The van der Waals surface area contributed by atoms with Crippen molar-refractivity contribution in [3.8, 4) is 5.75 Å². The number of carbonyl (C=O) groups is 2. The lowest BCUT2D eigenvalue weighted by Crippen LogP contribution is -2.08. The minimum Gasteiger partial charge on any atom is -0.507 e. The number of carbonyl (C=O) groups excluding carboxylic acids is 1. The van der Waals surface area contributed by atoms with Gasteiger partial charge in [0.05, 0.1) is 10.6 Å². The molecular formula is C16H15NO6S. The molecule has 7 nitrogen and oxygen atoms in total. The first-order valence-electron chi connectivity index (χ1n) is 6.84. The molecule has 0 saturated carbocycles. The second-order valence-corrected chi connectivity index (χ2v) is 7.11. The molecule has 126 valence electrons. The Morgan fingerprint density at radius 2 is 1.71 bits per heavy atom. The zero-order valence-electron chi connectivity index (χ0n) is 12.7. The Hall–Kier alpha value is -2.87. The quantitative estimate of drug-likeness (QED) is 0.759. The predicted octanol–water partition coefficient (Wildman–Crippen LogP) is 2.02. The molecule has 0 aromatic heterocycles. The number of sulfone groups is 1. The van der Waals surface area contributed by atoms with E-state index in [4.69, 9.17) is 5.11 Å². The van der Waals surface area contributed by atoms with Gasteiger partial charge in [-0.3, -0.25) is 4.79 Å². The molecule has 2 aromatic carbocycles. The molecule has 1 amide bonds. The summed E-state index contributed by atoms with van der Waals surface area (Å²) in [6.45, 7) is 1.36. The summed E-state index contributed by atoms with van der Waals surface area (Å²) in [4.78, 5) is 21.8. The maximum absolute atomic E-state index is 12.4. The van der Waals surface area contributed by atoms with Gasteiger partial charge in [0.25, 0.3) is 0 Å². The molecule has 0 spiro atoms. The number of benzene rings is 2. The maximum atomic E-state index is 12.4. The summed E-state index contributed by atoms with van der Waals surface area (Å²) in [5.74, 6) is -2.48. The van der Waals surface area contributed by atoms with Crippen LogP contribution in [0.15, 0.2) is 47.4 Å². The van der Waals surface area contributed by atoms with Gasteiger partial charge in [0.2, 0.25) is 5.91 Å². The SMILES string of the molecule is CC(=O)Nc1ccc(CS(=O)(=O)c2ccc(O)c(C(=O)O)c2)cc1. The number of nitrogens with one attached hydrogen (secondary N) is 1. The van der Waals surface area contributed by atoms with E-state index < -0.39 is 27.1 Å². The molecule has 3 N–H and O–H groups in total. The van der Waals surface area contributed by atoms with Crippen LogP contribution in [0.2, 0.25) is 0 Å². The fourth-order valence-corrected chi connectivity index (χ4v) is 3.44. The van der Waals surface area contributed by atoms with E-state index in [0.717, 1.165) is 18.2 Å². The standard InChI is InChI=1S/C16H15NO6S/c1-10(18)17-12-4-2-11(3-5-12)9-24(22,23)13-6-7-15(19)14(8-13)16(20)21/h2-8,19H,9H2,1H3,(H,17,18)(H,20,21). The van der Waals surface area contributed by atoms with Crippen LogP contribution in [0, 0.1) is 0 Å². The normalized spacial score (nSPS) is 11.0. The molecule has 0 atom stereocenters. The van der Waals surface area contributed by atoms with Gasteiger partial charge in [0.15, 0.2) is 9.84 Å². The lowest BCUT2D eigenvalue weighted by molar-refractivity contribution is -0.114. The maximum Gasteiger partial charge on any atom is 0.339 e. The van der Waals surface area contributed by atoms with Crippen molar-refractivity contribution >= 4 is 27.4 Å². The largest absolute Gasteiger partial charge is 0.507 e. The van der Waals surface area contributed by atoms with E-state index >= 15 is 0 Å². The second-order valence-electron chi connectivity index (χ2n) is 5.12. The van der Waals surface area contributed by atoms with Crippen molar-refractivity contribution in [1.82, 2.24) is 0 Å². The summed E-state index contributed by atoms with van der Waals surface area (Å²) in [5, 5.41) is 21.0. The number of anilines is 1. The minimum atomic E-state index is -3.78. The molecule has 0 heterocycles. The van der Waals surface area contributed by atoms with Crippen LogP contribution in [0.1, 0.15) is 22.8 Å². The minimum absolute atomic E-state index is 0.191. The van der Waals surface area contributed by atoms with E-state index in [0.29, 0.717) is 11.3 Å². The number of rotatable bonds is 5. The number of hydrogen-bond acceptors (Lipinski definition) is 5. The highest BCUT2D eigenvalue weighted by molar-refractivity contribution is 7.90. The molecule has 0 aliphatic heterocycles. The summed E-state index contributed by atoms with van der Waals surface area (Å²) >= 11 is 0. The van der Waals surface area contributed by atoms with Gasteiger partial charge in [-0.2, -0.15) is 0 Å². The monoisotopic (exact) mass is 349 g/mol. The molecule has 0 bridgehead atoms. The van der Waals surface area contributed by atoms with Gasteiger partial charge in [0.1, 0.15) is 11.3 Å². The Bertz CT molecular complexity index is 887. The number of amides is 1. The van der Waals surface area contributed by atoms with Gasteiger partial charge in [-0.15, -0.1) is 0 Å². The zero-order valence-corrected chi connectivity index (χ0v) is 13.5. The highest BCUT2D eigenvalue weighted by Gasteiger charge is 2.19. The topological polar surface area (TPSA) is 121 Å². The molecule has 0 aliphatic carbocycles. The molecule has 24 heavy (non-hydrogen) atoms. The van der Waals surface area contributed by atoms with E-state index in [2.05, 4.69) is 5.32 Å². The van der Waals surface area contributed by atoms with Crippen LogP contribution in [0.25, 0.3) is 0 Å². The van der Waals surface area contributed by atoms with Crippen molar-refractivity contribution in [1.29, 1.82) is 0 Å². The first-order valence-corrected chi connectivity index (χ1v) is 8.50. The number of aromatic hydroxyl groups is 1. The Morgan fingerprint density at radius 3 is 2.25 bits per heavy atom. The lowest BCUT2D eigenvalue weighted by atomic mass is 10.2. The lowest BCUT2D eigenvalue weighted by Gasteiger charge is -2.08. The third-order valence-corrected chi connectivity index (χ3v) is 4.87. The molecule has 0 saturated heterocycles.